The maximum absolute atomic E-state index is 12.6. The monoisotopic (exact) mass is 421 g/mol. The van der Waals surface area contributed by atoms with Crippen molar-refractivity contribution >= 4 is 31.6 Å². The first-order valence-electron chi connectivity index (χ1n) is 6.29. The van der Waals surface area contributed by atoms with Crippen LogP contribution in [0.1, 0.15) is 0 Å². The van der Waals surface area contributed by atoms with E-state index in [1.54, 1.807) is 24.3 Å². The molecule has 0 unspecified atom stereocenters. The van der Waals surface area contributed by atoms with Crippen LogP contribution in [-0.4, -0.2) is 28.5 Å². The van der Waals surface area contributed by atoms with E-state index in [-0.39, 0.29) is 11.3 Å². The first-order valence-corrected chi connectivity index (χ1v) is 8.49. The Bertz CT molecular complexity index is 1020. The summed E-state index contributed by atoms with van der Waals surface area (Å²) in [4.78, 5) is 3.83. The van der Waals surface area contributed by atoms with Crippen molar-refractivity contribution < 1.29 is 25.8 Å². The van der Waals surface area contributed by atoms with Crippen LogP contribution in [0.15, 0.2) is 47.1 Å². The zero-order valence-corrected chi connectivity index (χ0v) is 13.9. The van der Waals surface area contributed by atoms with Crippen molar-refractivity contribution in [3.63, 3.8) is 0 Å². The minimum absolute atomic E-state index is 0.00683. The molecule has 126 valence electrons. The van der Waals surface area contributed by atoms with Crippen molar-refractivity contribution in [3.8, 4) is 17.3 Å². The summed E-state index contributed by atoms with van der Waals surface area (Å²) in [5, 5.41) is 4.13. The van der Waals surface area contributed by atoms with Crippen molar-refractivity contribution in [2.45, 2.75) is 5.51 Å². The molecule has 1 aromatic carbocycles. The average molecular weight is 422 g/mol. The van der Waals surface area contributed by atoms with Crippen LogP contribution in [-0.2, 0) is 10.1 Å². The van der Waals surface area contributed by atoms with Crippen molar-refractivity contribution in [2.75, 3.05) is 0 Å². The van der Waals surface area contributed by atoms with Gasteiger partial charge in [-0.3, -0.25) is 0 Å². The van der Waals surface area contributed by atoms with Crippen molar-refractivity contribution in [1.82, 2.24) is 14.6 Å². The third-order valence-electron chi connectivity index (χ3n) is 2.91. The molecule has 0 amide bonds. The normalized spacial score (nSPS) is 12.5. The number of alkyl halides is 3. The van der Waals surface area contributed by atoms with Crippen LogP contribution in [0.25, 0.3) is 16.9 Å². The van der Waals surface area contributed by atoms with Gasteiger partial charge in [-0.25, -0.2) is 4.52 Å². The molecule has 3 aromatic rings. The maximum atomic E-state index is 12.6. The van der Waals surface area contributed by atoms with Gasteiger partial charge in [-0.05, 0) is 24.3 Å². The van der Waals surface area contributed by atoms with Crippen molar-refractivity contribution in [3.05, 3.63) is 47.1 Å². The Morgan fingerprint density at radius 2 is 1.92 bits per heavy atom. The molecule has 0 aliphatic rings. The number of aromatic nitrogens is 3. The lowest BCUT2D eigenvalue weighted by molar-refractivity contribution is -0.0501. The molecule has 0 bridgehead atoms. The summed E-state index contributed by atoms with van der Waals surface area (Å²) in [7, 11) is -5.84. The number of fused-ring (bicyclic) bond motifs is 1. The molecule has 0 saturated carbocycles. The number of nitrogens with zero attached hydrogens (tertiary/aromatic N) is 3. The predicted molar refractivity (Wildman–Crippen MR) is 81.7 cm³/mol. The fourth-order valence-corrected chi connectivity index (χ4v) is 2.69. The van der Waals surface area contributed by atoms with E-state index >= 15 is 0 Å². The van der Waals surface area contributed by atoms with Gasteiger partial charge in [-0.15, -0.1) is 5.10 Å². The SMILES string of the molecule is O=S(=O)(Oc1nc(-c2cccc(Br)c2)nn2cccc12)C(F)(F)F. The van der Waals surface area contributed by atoms with Crippen molar-refractivity contribution in [1.29, 1.82) is 0 Å². The molecule has 2 heterocycles. The number of hydrogen-bond donors (Lipinski definition) is 0. The van der Waals surface area contributed by atoms with E-state index in [1.807, 2.05) is 0 Å². The smallest absolute Gasteiger partial charge is 0.353 e. The van der Waals surface area contributed by atoms with Gasteiger partial charge in [0.25, 0.3) is 5.88 Å². The van der Waals surface area contributed by atoms with E-state index in [2.05, 4.69) is 30.2 Å². The molecular formula is C13H7BrF3N3O3S. The fraction of sp³-hybridized carbons (Fsp3) is 0.0769. The van der Waals surface area contributed by atoms with E-state index in [9.17, 15) is 21.6 Å². The van der Waals surface area contributed by atoms with E-state index < -0.39 is 21.5 Å². The Hall–Kier alpha value is -2.14. The van der Waals surface area contributed by atoms with E-state index in [1.165, 1.54) is 22.8 Å². The summed E-state index contributed by atoms with van der Waals surface area (Å²) in [5.41, 5.74) is -5.10. The second-order valence-corrected chi connectivity index (χ2v) is 7.03. The Balaban J connectivity index is 2.16. The second kappa shape index (κ2) is 5.74. The van der Waals surface area contributed by atoms with Gasteiger partial charge in [0, 0.05) is 16.2 Å². The van der Waals surface area contributed by atoms with Crippen LogP contribution in [0, 0.1) is 0 Å². The molecule has 0 radical (unpaired) electrons. The van der Waals surface area contributed by atoms with Crippen LogP contribution in [0.5, 0.6) is 5.88 Å². The van der Waals surface area contributed by atoms with Crippen LogP contribution in [0.4, 0.5) is 13.2 Å². The highest BCUT2D eigenvalue weighted by Gasteiger charge is 2.49. The lowest BCUT2D eigenvalue weighted by atomic mass is 10.2. The molecule has 11 heteroatoms. The molecular weight excluding hydrogens is 415 g/mol. The number of halogens is 4. The van der Waals surface area contributed by atoms with Crippen LogP contribution < -0.4 is 4.18 Å². The average Bonchev–Trinajstić information content (AvgIpc) is 2.94. The summed E-state index contributed by atoms with van der Waals surface area (Å²) in [6.07, 6.45) is 1.44. The van der Waals surface area contributed by atoms with Gasteiger partial charge in [0.1, 0.15) is 5.52 Å². The lowest BCUT2D eigenvalue weighted by Crippen LogP contribution is -2.28. The Kier molecular flexibility index (Phi) is 4.00. The minimum atomic E-state index is -5.84. The molecule has 3 rings (SSSR count). The molecule has 0 fully saturated rings. The highest BCUT2D eigenvalue weighted by atomic mass is 79.9. The zero-order chi connectivity index (χ0) is 17.5. The summed E-state index contributed by atoms with van der Waals surface area (Å²) < 4.78 is 66.3. The van der Waals surface area contributed by atoms with Crippen LogP contribution in [0.2, 0.25) is 0 Å². The molecule has 6 nitrogen and oxygen atoms in total. The molecule has 0 N–H and O–H groups in total. The molecule has 0 aliphatic carbocycles. The number of rotatable bonds is 3. The number of hydrogen-bond acceptors (Lipinski definition) is 5. The topological polar surface area (TPSA) is 73.6 Å². The third kappa shape index (κ3) is 3.08. The molecule has 0 spiro atoms. The van der Waals surface area contributed by atoms with E-state index in [4.69, 9.17) is 0 Å². The first kappa shape index (κ1) is 16.7. The Morgan fingerprint density at radius 3 is 2.58 bits per heavy atom. The maximum Gasteiger partial charge on any atom is 0.534 e. The molecule has 0 saturated heterocycles. The van der Waals surface area contributed by atoms with Crippen molar-refractivity contribution in [2.24, 2.45) is 0 Å². The molecule has 0 aliphatic heterocycles. The van der Waals surface area contributed by atoms with Gasteiger partial charge in [-0.1, -0.05) is 28.1 Å². The van der Waals surface area contributed by atoms with Gasteiger partial charge < -0.3 is 4.18 Å². The zero-order valence-electron chi connectivity index (χ0n) is 11.5. The third-order valence-corrected chi connectivity index (χ3v) is 4.35. The largest absolute Gasteiger partial charge is 0.534 e. The second-order valence-electron chi connectivity index (χ2n) is 4.57. The lowest BCUT2D eigenvalue weighted by Gasteiger charge is -2.11. The quantitative estimate of drug-likeness (QED) is 0.478. The Morgan fingerprint density at radius 1 is 1.17 bits per heavy atom. The minimum Gasteiger partial charge on any atom is -0.353 e. The Labute approximate surface area is 142 Å². The standard InChI is InChI=1S/C13H7BrF3N3O3S/c14-9-4-1-3-8(7-9)11-18-12(10-5-2-6-20(10)19-11)23-24(21,22)13(15,16)17/h1-7H. The summed E-state index contributed by atoms with van der Waals surface area (Å²) >= 11 is 3.26. The van der Waals surface area contributed by atoms with Gasteiger partial charge in [0.05, 0.1) is 0 Å². The molecule has 2 aromatic heterocycles. The van der Waals surface area contributed by atoms with Gasteiger partial charge in [-0.2, -0.15) is 26.6 Å². The fourth-order valence-electron chi connectivity index (χ4n) is 1.87. The predicted octanol–water partition coefficient (Wildman–Crippen LogP) is 3.39. The van der Waals surface area contributed by atoms with Crippen LogP contribution >= 0.6 is 15.9 Å². The van der Waals surface area contributed by atoms with Gasteiger partial charge in [0.2, 0.25) is 0 Å². The summed E-state index contributed by atoms with van der Waals surface area (Å²) in [6.45, 7) is 0. The first-order chi connectivity index (χ1) is 11.2. The highest BCUT2D eigenvalue weighted by molar-refractivity contribution is 9.10. The number of benzene rings is 1. The van der Waals surface area contributed by atoms with E-state index in [0.717, 1.165) is 0 Å². The van der Waals surface area contributed by atoms with Gasteiger partial charge >= 0.3 is 15.6 Å². The van der Waals surface area contributed by atoms with Crippen LogP contribution in [0.3, 0.4) is 0 Å². The van der Waals surface area contributed by atoms with Gasteiger partial charge in [0.15, 0.2) is 5.82 Å². The van der Waals surface area contributed by atoms with E-state index in [0.29, 0.717) is 10.0 Å². The molecule has 0 atom stereocenters. The molecule has 24 heavy (non-hydrogen) atoms. The summed E-state index contributed by atoms with van der Waals surface area (Å²) in [6, 6.07) is 9.48. The summed E-state index contributed by atoms with van der Waals surface area (Å²) in [5.74, 6) is -0.699. The highest BCUT2D eigenvalue weighted by Crippen LogP contribution is 2.30.